The fourth-order valence-corrected chi connectivity index (χ4v) is 3.66. The van der Waals surface area contributed by atoms with Gasteiger partial charge < -0.3 is 10.1 Å². The molecule has 0 aliphatic rings. The Balaban J connectivity index is 1.89. The van der Waals surface area contributed by atoms with Gasteiger partial charge in [-0.3, -0.25) is 4.98 Å². The number of aromatic nitrogens is 1. The molecule has 0 saturated carbocycles. The van der Waals surface area contributed by atoms with E-state index in [0.717, 1.165) is 16.3 Å². The van der Waals surface area contributed by atoms with Crippen molar-refractivity contribution in [2.45, 2.75) is 31.3 Å². The lowest BCUT2D eigenvalue weighted by Gasteiger charge is -2.17. The summed E-state index contributed by atoms with van der Waals surface area (Å²) < 4.78 is 29.2. The molecular weight excluding hydrogens is 394 g/mol. The number of pyridine rings is 1. The first-order valence-electron chi connectivity index (χ1n) is 8.69. The third kappa shape index (κ3) is 4.83. The number of nitrogens with two attached hydrogens (primary N) is 1. The van der Waals surface area contributed by atoms with E-state index in [1.54, 1.807) is 18.5 Å². The number of nitrogens with zero attached hydrogens (tertiary/aromatic N) is 1. The molecule has 2 aromatic carbocycles. The Morgan fingerprint density at radius 3 is 2.75 bits per heavy atom. The van der Waals surface area contributed by atoms with Gasteiger partial charge in [0.15, 0.2) is 0 Å². The van der Waals surface area contributed by atoms with Crippen molar-refractivity contribution in [2.24, 2.45) is 5.14 Å². The van der Waals surface area contributed by atoms with Crippen LogP contribution in [0.3, 0.4) is 0 Å². The quantitative estimate of drug-likeness (QED) is 0.597. The summed E-state index contributed by atoms with van der Waals surface area (Å²) in [5.41, 5.74) is 1.51. The molecule has 3 aromatic rings. The second-order valence-electron chi connectivity index (χ2n) is 6.61. The van der Waals surface area contributed by atoms with E-state index in [1.165, 1.54) is 12.1 Å². The largest absolute Gasteiger partial charge is 0.489 e. The van der Waals surface area contributed by atoms with Crippen molar-refractivity contribution in [3.63, 3.8) is 0 Å². The van der Waals surface area contributed by atoms with Crippen molar-refractivity contribution < 1.29 is 13.2 Å². The molecule has 0 aliphatic carbocycles. The Morgan fingerprint density at radius 1 is 1.25 bits per heavy atom. The molecule has 0 saturated heterocycles. The molecule has 1 aromatic heterocycles. The van der Waals surface area contributed by atoms with Gasteiger partial charge in [0, 0.05) is 24.2 Å². The van der Waals surface area contributed by atoms with E-state index in [-0.39, 0.29) is 11.0 Å². The van der Waals surface area contributed by atoms with Crippen LogP contribution < -0.4 is 15.2 Å². The number of rotatable bonds is 6. The van der Waals surface area contributed by atoms with Crippen LogP contribution in [0.5, 0.6) is 5.75 Å². The van der Waals surface area contributed by atoms with Crippen LogP contribution in [0.1, 0.15) is 19.4 Å². The smallest absolute Gasteiger partial charge is 0.238 e. The Labute approximate surface area is 169 Å². The molecule has 0 amide bonds. The summed E-state index contributed by atoms with van der Waals surface area (Å²) in [7, 11) is -3.84. The molecule has 0 spiro atoms. The number of hydrogen-bond donors (Lipinski definition) is 2. The lowest BCUT2D eigenvalue weighted by atomic mass is 10.0. The topological polar surface area (TPSA) is 94.3 Å². The highest BCUT2D eigenvalue weighted by Gasteiger charge is 2.15. The maximum absolute atomic E-state index is 11.7. The van der Waals surface area contributed by atoms with E-state index >= 15 is 0 Å². The number of fused-ring (bicyclic) bond motifs is 1. The summed E-state index contributed by atoms with van der Waals surface area (Å²) in [6, 6.07) is 12.3. The van der Waals surface area contributed by atoms with Crippen LogP contribution in [-0.4, -0.2) is 24.5 Å². The normalized spacial score (nSPS) is 11.6. The van der Waals surface area contributed by atoms with Gasteiger partial charge in [0.2, 0.25) is 10.0 Å². The fraction of sp³-hybridized carbons (Fsp3) is 0.200. The molecular formula is C20H21N3O3S2. The van der Waals surface area contributed by atoms with Gasteiger partial charge in [0.1, 0.15) is 5.75 Å². The SMILES string of the molecule is CC(C)Oc1ccc(S(N)(=O)=O)cc1NC(=S)Cc1cccc2cnccc12. The molecule has 0 bridgehead atoms. The molecule has 28 heavy (non-hydrogen) atoms. The van der Waals surface area contributed by atoms with Gasteiger partial charge in [0.05, 0.1) is 21.7 Å². The van der Waals surface area contributed by atoms with E-state index < -0.39 is 10.0 Å². The first kappa shape index (κ1) is 20.2. The van der Waals surface area contributed by atoms with Gasteiger partial charge in [-0.2, -0.15) is 0 Å². The Morgan fingerprint density at radius 2 is 2.04 bits per heavy atom. The third-order valence-electron chi connectivity index (χ3n) is 4.04. The zero-order valence-electron chi connectivity index (χ0n) is 15.5. The van der Waals surface area contributed by atoms with Gasteiger partial charge >= 0.3 is 0 Å². The maximum atomic E-state index is 11.7. The number of primary sulfonamides is 1. The predicted octanol–water partition coefficient (Wildman–Crippen LogP) is 3.65. The van der Waals surface area contributed by atoms with Crippen molar-refractivity contribution in [2.75, 3.05) is 5.32 Å². The highest BCUT2D eigenvalue weighted by molar-refractivity contribution is 7.89. The first-order chi connectivity index (χ1) is 13.2. The number of anilines is 1. The minimum Gasteiger partial charge on any atom is -0.489 e. The lowest BCUT2D eigenvalue weighted by Crippen LogP contribution is -2.17. The number of hydrogen-bond acceptors (Lipinski definition) is 5. The van der Waals surface area contributed by atoms with E-state index in [4.69, 9.17) is 22.1 Å². The molecule has 0 aliphatic heterocycles. The van der Waals surface area contributed by atoms with Gasteiger partial charge in [-0.05, 0) is 49.1 Å². The minimum atomic E-state index is -3.84. The summed E-state index contributed by atoms with van der Waals surface area (Å²) in [6.07, 6.45) is 3.95. The van der Waals surface area contributed by atoms with Crippen molar-refractivity contribution in [3.8, 4) is 5.75 Å². The Bertz CT molecular complexity index is 1120. The predicted molar refractivity (Wildman–Crippen MR) is 115 cm³/mol. The summed E-state index contributed by atoms with van der Waals surface area (Å²) >= 11 is 5.53. The van der Waals surface area contributed by atoms with Gasteiger partial charge in [-0.25, -0.2) is 13.6 Å². The van der Waals surface area contributed by atoms with E-state index in [2.05, 4.69) is 10.3 Å². The fourth-order valence-electron chi connectivity index (χ4n) is 2.85. The van der Waals surface area contributed by atoms with Crippen LogP contribution in [0.15, 0.2) is 59.8 Å². The van der Waals surface area contributed by atoms with Crippen molar-refractivity contribution in [3.05, 3.63) is 60.4 Å². The summed E-state index contributed by atoms with van der Waals surface area (Å²) in [4.78, 5) is 4.66. The number of ether oxygens (including phenoxy) is 1. The average molecular weight is 416 g/mol. The van der Waals surface area contributed by atoms with Gasteiger partial charge in [-0.1, -0.05) is 30.4 Å². The lowest BCUT2D eigenvalue weighted by molar-refractivity contribution is 0.243. The summed E-state index contributed by atoms with van der Waals surface area (Å²) in [6.45, 7) is 3.78. The van der Waals surface area contributed by atoms with Crippen LogP contribution in [0, 0.1) is 0 Å². The molecule has 0 fully saturated rings. The Kier molecular flexibility index (Phi) is 5.93. The molecule has 0 atom stereocenters. The summed E-state index contributed by atoms with van der Waals surface area (Å²) in [5, 5.41) is 10.5. The zero-order chi connectivity index (χ0) is 20.3. The molecule has 3 N–H and O–H groups in total. The zero-order valence-corrected chi connectivity index (χ0v) is 17.2. The van der Waals surface area contributed by atoms with E-state index in [1.807, 2.05) is 38.1 Å². The van der Waals surface area contributed by atoms with Crippen molar-refractivity contribution in [1.82, 2.24) is 4.98 Å². The second-order valence-corrected chi connectivity index (χ2v) is 8.66. The van der Waals surface area contributed by atoms with Crippen LogP contribution in [0.25, 0.3) is 10.8 Å². The number of benzene rings is 2. The second kappa shape index (κ2) is 8.22. The monoisotopic (exact) mass is 415 g/mol. The molecule has 6 nitrogen and oxygen atoms in total. The molecule has 1 heterocycles. The van der Waals surface area contributed by atoms with Crippen LogP contribution in [0.2, 0.25) is 0 Å². The molecule has 146 valence electrons. The van der Waals surface area contributed by atoms with Crippen molar-refractivity contribution >= 4 is 43.7 Å². The van der Waals surface area contributed by atoms with Gasteiger partial charge in [-0.15, -0.1) is 0 Å². The van der Waals surface area contributed by atoms with Gasteiger partial charge in [0.25, 0.3) is 0 Å². The average Bonchev–Trinajstić information content (AvgIpc) is 2.62. The van der Waals surface area contributed by atoms with E-state index in [0.29, 0.717) is 22.8 Å². The van der Waals surface area contributed by atoms with E-state index in [9.17, 15) is 8.42 Å². The third-order valence-corrected chi connectivity index (χ3v) is 5.20. The maximum Gasteiger partial charge on any atom is 0.238 e. The first-order valence-corrected chi connectivity index (χ1v) is 10.6. The highest BCUT2D eigenvalue weighted by atomic mass is 32.2. The Hall–Kier alpha value is -2.55. The highest BCUT2D eigenvalue weighted by Crippen LogP contribution is 2.29. The molecule has 0 unspecified atom stereocenters. The minimum absolute atomic E-state index is 0.00913. The number of sulfonamides is 1. The van der Waals surface area contributed by atoms with Crippen LogP contribution in [0.4, 0.5) is 5.69 Å². The van der Waals surface area contributed by atoms with Crippen LogP contribution in [-0.2, 0) is 16.4 Å². The van der Waals surface area contributed by atoms with Crippen LogP contribution >= 0.6 is 12.2 Å². The standard InChI is InChI=1S/C20H21N3O3S2/c1-13(2)26-19-7-6-16(28(21,24)25)11-18(19)23-20(27)10-14-4-3-5-15-12-22-9-8-17(14)15/h3-9,11-13H,10H2,1-2H3,(H,23,27)(H2,21,24,25). The molecule has 0 radical (unpaired) electrons. The number of thiocarbonyl (C=S) groups is 1. The van der Waals surface area contributed by atoms with Crippen molar-refractivity contribution in [1.29, 1.82) is 0 Å². The molecule has 3 rings (SSSR count). The molecule has 8 heteroatoms. The number of nitrogens with one attached hydrogen (secondary N) is 1. The summed E-state index contributed by atoms with van der Waals surface area (Å²) in [5.74, 6) is 0.506.